The summed E-state index contributed by atoms with van der Waals surface area (Å²) in [5.41, 5.74) is 0.818. The molecule has 0 aliphatic carbocycles. The fourth-order valence-corrected chi connectivity index (χ4v) is 3.12. The number of anilines is 1. The number of aryl methyl sites for hydroxylation is 1. The summed E-state index contributed by atoms with van der Waals surface area (Å²) < 4.78 is 12.7. The largest absolute Gasteiger partial charge is 0.465 e. The highest BCUT2D eigenvalue weighted by Gasteiger charge is 2.14. The molecule has 0 radical (unpaired) electrons. The summed E-state index contributed by atoms with van der Waals surface area (Å²) >= 11 is 0. The van der Waals surface area contributed by atoms with Crippen molar-refractivity contribution in [3.63, 3.8) is 0 Å². The molecule has 136 valence electrons. The number of morpholine rings is 1. The lowest BCUT2D eigenvalue weighted by Gasteiger charge is -2.27. The fraction of sp³-hybridized carbons (Fsp3) is 0.368. The molecular formula is C19H22N4O3. The minimum Gasteiger partial charge on any atom is -0.465 e. The number of ether oxygens (including phenoxy) is 1. The van der Waals surface area contributed by atoms with Crippen molar-refractivity contribution in [1.29, 1.82) is 0 Å². The first kappa shape index (κ1) is 16.7. The molecule has 7 nitrogen and oxygen atoms in total. The molecule has 0 spiro atoms. The molecule has 0 atom stereocenters. The Morgan fingerprint density at radius 1 is 1.19 bits per heavy atom. The lowest BCUT2D eigenvalue weighted by molar-refractivity contribution is -0.121. The van der Waals surface area contributed by atoms with E-state index in [2.05, 4.69) is 10.2 Å². The minimum absolute atomic E-state index is 0.0740. The number of aromatic nitrogens is 2. The predicted molar refractivity (Wildman–Crippen MR) is 98.1 cm³/mol. The molecule has 1 fully saturated rings. The Bertz CT molecular complexity index is 909. The molecule has 0 aromatic carbocycles. The van der Waals surface area contributed by atoms with E-state index in [4.69, 9.17) is 14.1 Å². The summed E-state index contributed by atoms with van der Waals surface area (Å²) in [7, 11) is 0. The number of pyridine rings is 1. The highest BCUT2D eigenvalue weighted by molar-refractivity contribution is 5.82. The Labute approximate surface area is 151 Å². The van der Waals surface area contributed by atoms with Crippen molar-refractivity contribution >= 4 is 22.8 Å². The molecule has 4 rings (SSSR count). The van der Waals surface area contributed by atoms with Gasteiger partial charge in [-0.15, -0.1) is 0 Å². The van der Waals surface area contributed by atoms with Gasteiger partial charge in [-0.2, -0.15) is 0 Å². The smallest absolute Gasteiger partial charge is 0.240 e. The summed E-state index contributed by atoms with van der Waals surface area (Å²) in [6.45, 7) is 5.60. The molecule has 0 bridgehead atoms. The third-order valence-corrected chi connectivity index (χ3v) is 4.50. The van der Waals surface area contributed by atoms with E-state index in [1.807, 2.05) is 48.0 Å². The highest BCUT2D eigenvalue weighted by atomic mass is 16.5. The van der Waals surface area contributed by atoms with E-state index < -0.39 is 0 Å². The quantitative estimate of drug-likeness (QED) is 0.760. The number of rotatable bonds is 5. The average molecular weight is 354 g/mol. The zero-order valence-corrected chi connectivity index (χ0v) is 14.8. The van der Waals surface area contributed by atoms with Gasteiger partial charge in [0.1, 0.15) is 29.5 Å². The topological polar surface area (TPSA) is 72.5 Å². The van der Waals surface area contributed by atoms with Gasteiger partial charge in [-0.25, -0.2) is 4.98 Å². The van der Waals surface area contributed by atoms with Gasteiger partial charge in [-0.3, -0.25) is 4.79 Å². The van der Waals surface area contributed by atoms with Gasteiger partial charge < -0.3 is 23.9 Å². The Balaban J connectivity index is 1.46. The maximum Gasteiger partial charge on any atom is 0.240 e. The van der Waals surface area contributed by atoms with Crippen LogP contribution in [-0.2, 0) is 22.6 Å². The Kier molecular flexibility index (Phi) is 4.62. The SMILES string of the molecule is Cc1ccc(CNC(=O)Cn2ccc3ccc(N4CCOCC4)nc32)o1. The Morgan fingerprint density at radius 3 is 2.81 bits per heavy atom. The number of nitrogens with zero attached hydrogens (tertiary/aromatic N) is 3. The number of nitrogens with one attached hydrogen (secondary N) is 1. The van der Waals surface area contributed by atoms with Gasteiger partial charge in [0.15, 0.2) is 0 Å². The normalized spacial score (nSPS) is 14.7. The van der Waals surface area contributed by atoms with Gasteiger partial charge in [0, 0.05) is 24.7 Å². The average Bonchev–Trinajstić information content (AvgIpc) is 3.26. The molecule has 0 saturated carbocycles. The van der Waals surface area contributed by atoms with Crippen molar-refractivity contribution in [2.75, 3.05) is 31.2 Å². The maximum atomic E-state index is 12.3. The molecule has 1 saturated heterocycles. The van der Waals surface area contributed by atoms with Gasteiger partial charge in [-0.1, -0.05) is 0 Å². The minimum atomic E-state index is -0.0740. The number of furan rings is 1. The Hall–Kier alpha value is -2.80. The first-order chi connectivity index (χ1) is 12.7. The summed E-state index contributed by atoms with van der Waals surface area (Å²) in [5, 5.41) is 3.91. The number of amides is 1. The number of carbonyl (C=O) groups is 1. The van der Waals surface area contributed by atoms with Crippen LogP contribution in [0, 0.1) is 6.92 Å². The summed E-state index contributed by atoms with van der Waals surface area (Å²) in [6, 6.07) is 9.81. The van der Waals surface area contributed by atoms with Crippen molar-refractivity contribution in [2.45, 2.75) is 20.0 Å². The summed E-state index contributed by atoms with van der Waals surface area (Å²) in [4.78, 5) is 19.3. The van der Waals surface area contributed by atoms with Crippen LogP contribution in [0.5, 0.6) is 0 Å². The molecule has 1 amide bonds. The van der Waals surface area contributed by atoms with Crippen LogP contribution in [0.3, 0.4) is 0 Å². The second kappa shape index (κ2) is 7.21. The van der Waals surface area contributed by atoms with Crippen molar-refractivity contribution in [3.8, 4) is 0 Å². The molecule has 1 N–H and O–H groups in total. The van der Waals surface area contributed by atoms with Crippen molar-refractivity contribution < 1.29 is 13.9 Å². The first-order valence-corrected chi connectivity index (χ1v) is 8.80. The molecule has 7 heteroatoms. The zero-order valence-electron chi connectivity index (χ0n) is 14.8. The monoisotopic (exact) mass is 354 g/mol. The third kappa shape index (κ3) is 3.57. The molecule has 3 aromatic rings. The Morgan fingerprint density at radius 2 is 2.04 bits per heavy atom. The van der Waals surface area contributed by atoms with Gasteiger partial charge in [0.05, 0.1) is 19.8 Å². The van der Waals surface area contributed by atoms with Gasteiger partial charge in [0.2, 0.25) is 5.91 Å². The fourth-order valence-electron chi connectivity index (χ4n) is 3.12. The molecule has 3 aromatic heterocycles. The second-order valence-corrected chi connectivity index (χ2v) is 6.41. The van der Waals surface area contributed by atoms with Crippen LogP contribution in [0.1, 0.15) is 11.5 Å². The molecule has 1 aliphatic heterocycles. The summed E-state index contributed by atoms with van der Waals surface area (Å²) in [5.74, 6) is 2.44. The van der Waals surface area contributed by atoms with E-state index in [1.165, 1.54) is 0 Å². The first-order valence-electron chi connectivity index (χ1n) is 8.80. The molecule has 26 heavy (non-hydrogen) atoms. The van der Waals surface area contributed by atoms with Gasteiger partial charge in [0.25, 0.3) is 0 Å². The lowest BCUT2D eigenvalue weighted by atomic mass is 10.3. The molecule has 1 aliphatic rings. The van der Waals surface area contributed by atoms with Crippen LogP contribution in [0.15, 0.2) is 40.9 Å². The molecule has 4 heterocycles. The van der Waals surface area contributed by atoms with E-state index in [9.17, 15) is 4.79 Å². The lowest BCUT2D eigenvalue weighted by Crippen LogP contribution is -2.36. The van der Waals surface area contributed by atoms with Crippen LogP contribution in [0.2, 0.25) is 0 Å². The number of hydrogen-bond acceptors (Lipinski definition) is 5. The highest BCUT2D eigenvalue weighted by Crippen LogP contribution is 2.20. The van der Waals surface area contributed by atoms with E-state index in [1.54, 1.807) is 0 Å². The predicted octanol–water partition coefficient (Wildman–Crippen LogP) is 2.09. The maximum absolute atomic E-state index is 12.3. The van der Waals surface area contributed by atoms with Crippen molar-refractivity contribution in [2.24, 2.45) is 0 Å². The van der Waals surface area contributed by atoms with Crippen molar-refractivity contribution in [3.05, 3.63) is 48.0 Å². The van der Waals surface area contributed by atoms with Gasteiger partial charge in [-0.05, 0) is 37.3 Å². The van der Waals surface area contributed by atoms with Crippen LogP contribution < -0.4 is 10.2 Å². The van der Waals surface area contributed by atoms with E-state index in [0.717, 1.165) is 54.7 Å². The standard InChI is InChI=1S/C19H22N4O3/c1-14-2-4-16(26-14)12-20-18(24)13-23-7-6-15-3-5-17(21-19(15)23)22-8-10-25-11-9-22/h2-7H,8-13H2,1H3,(H,20,24). The zero-order chi connectivity index (χ0) is 17.9. The second-order valence-electron chi connectivity index (χ2n) is 6.41. The van der Waals surface area contributed by atoms with Crippen LogP contribution in [-0.4, -0.2) is 41.8 Å². The van der Waals surface area contributed by atoms with Crippen LogP contribution in [0.25, 0.3) is 11.0 Å². The van der Waals surface area contributed by atoms with Crippen LogP contribution in [0.4, 0.5) is 5.82 Å². The molecule has 0 unspecified atom stereocenters. The van der Waals surface area contributed by atoms with E-state index in [-0.39, 0.29) is 12.5 Å². The third-order valence-electron chi connectivity index (χ3n) is 4.50. The van der Waals surface area contributed by atoms with E-state index >= 15 is 0 Å². The number of hydrogen-bond donors (Lipinski definition) is 1. The van der Waals surface area contributed by atoms with Crippen molar-refractivity contribution in [1.82, 2.24) is 14.9 Å². The number of fused-ring (bicyclic) bond motifs is 1. The number of carbonyl (C=O) groups excluding carboxylic acids is 1. The molecular weight excluding hydrogens is 332 g/mol. The summed E-state index contributed by atoms with van der Waals surface area (Å²) in [6.07, 6.45) is 1.90. The van der Waals surface area contributed by atoms with Crippen LogP contribution >= 0.6 is 0 Å². The van der Waals surface area contributed by atoms with E-state index in [0.29, 0.717) is 6.54 Å². The van der Waals surface area contributed by atoms with Gasteiger partial charge >= 0.3 is 0 Å².